The molecular formula is C11H10Cl2O. The molecule has 0 spiro atoms. The average Bonchev–Trinajstić information content (AvgIpc) is 2.15. The maximum Gasteiger partial charge on any atom is 0.140 e. The molecule has 0 saturated carbocycles. The van der Waals surface area contributed by atoms with Gasteiger partial charge in [0.05, 0.1) is 10.0 Å². The van der Waals surface area contributed by atoms with E-state index in [0.717, 1.165) is 17.5 Å². The highest BCUT2D eigenvalue weighted by atomic mass is 35.5. The molecule has 1 aromatic carbocycles. The fourth-order valence-electron chi connectivity index (χ4n) is 1.87. The minimum atomic E-state index is -0.0338. The second-order valence-corrected chi connectivity index (χ2v) is 4.47. The summed E-state index contributed by atoms with van der Waals surface area (Å²) in [6.07, 6.45) is 1.40. The lowest BCUT2D eigenvalue weighted by atomic mass is 9.83. The van der Waals surface area contributed by atoms with Crippen molar-refractivity contribution in [1.29, 1.82) is 0 Å². The fourth-order valence-corrected chi connectivity index (χ4v) is 2.23. The number of ketones is 1. The zero-order valence-corrected chi connectivity index (χ0v) is 9.32. The van der Waals surface area contributed by atoms with E-state index >= 15 is 0 Å². The van der Waals surface area contributed by atoms with Gasteiger partial charge in [0.1, 0.15) is 5.78 Å². The third-order valence-electron chi connectivity index (χ3n) is 2.77. The van der Waals surface area contributed by atoms with E-state index in [-0.39, 0.29) is 11.7 Å². The topological polar surface area (TPSA) is 17.1 Å². The van der Waals surface area contributed by atoms with Gasteiger partial charge in [-0.25, -0.2) is 0 Å². The largest absolute Gasteiger partial charge is 0.299 e. The molecule has 0 fully saturated rings. The van der Waals surface area contributed by atoms with Gasteiger partial charge in [0, 0.05) is 12.3 Å². The van der Waals surface area contributed by atoms with Gasteiger partial charge in [-0.2, -0.15) is 0 Å². The first-order valence-corrected chi connectivity index (χ1v) is 5.35. The molecule has 0 saturated heterocycles. The van der Waals surface area contributed by atoms with E-state index < -0.39 is 0 Å². The SMILES string of the molecule is CC1C(=O)CCc2cc(Cl)c(Cl)cc21. The summed E-state index contributed by atoms with van der Waals surface area (Å²) in [5, 5.41) is 1.11. The standard InChI is InChI=1S/C11H10Cl2O/c1-6-8-5-10(13)9(12)4-7(8)2-3-11(6)14/h4-6H,2-3H2,1H3. The molecule has 1 unspecified atom stereocenters. The molecule has 0 N–H and O–H groups in total. The van der Waals surface area contributed by atoms with Gasteiger partial charge in [-0.1, -0.05) is 30.1 Å². The molecule has 0 aromatic heterocycles. The Morgan fingerprint density at radius 2 is 1.86 bits per heavy atom. The highest BCUT2D eigenvalue weighted by Crippen LogP contribution is 2.34. The number of hydrogen-bond donors (Lipinski definition) is 0. The molecule has 0 heterocycles. The molecule has 1 aliphatic carbocycles. The molecule has 0 aliphatic heterocycles. The van der Waals surface area contributed by atoms with E-state index in [1.54, 1.807) is 0 Å². The molecular weight excluding hydrogens is 219 g/mol. The summed E-state index contributed by atoms with van der Waals surface area (Å²) in [7, 11) is 0. The van der Waals surface area contributed by atoms with E-state index in [2.05, 4.69) is 0 Å². The summed E-state index contributed by atoms with van der Waals surface area (Å²) >= 11 is 11.8. The van der Waals surface area contributed by atoms with Crippen LogP contribution in [0, 0.1) is 0 Å². The van der Waals surface area contributed by atoms with Gasteiger partial charge >= 0.3 is 0 Å². The fraction of sp³-hybridized carbons (Fsp3) is 0.364. The van der Waals surface area contributed by atoms with Crippen LogP contribution in [0.1, 0.15) is 30.4 Å². The first-order valence-electron chi connectivity index (χ1n) is 4.60. The molecule has 3 heteroatoms. The van der Waals surface area contributed by atoms with Crippen molar-refractivity contribution < 1.29 is 4.79 Å². The summed E-state index contributed by atoms with van der Waals surface area (Å²) in [5.41, 5.74) is 2.20. The minimum Gasteiger partial charge on any atom is -0.299 e. The molecule has 1 aliphatic rings. The maximum absolute atomic E-state index is 11.5. The first kappa shape index (κ1) is 10.0. The molecule has 0 radical (unpaired) electrons. The predicted octanol–water partition coefficient (Wildman–Crippen LogP) is 3.61. The van der Waals surface area contributed by atoms with Crippen molar-refractivity contribution in [3.8, 4) is 0 Å². The van der Waals surface area contributed by atoms with Crippen LogP contribution in [0.25, 0.3) is 0 Å². The molecule has 1 aromatic rings. The van der Waals surface area contributed by atoms with Gasteiger partial charge in [0.25, 0.3) is 0 Å². The third-order valence-corrected chi connectivity index (χ3v) is 3.49. The average molecular weight is 229 g/mol. The number of fused-ring (bicyclic) bond motifs is 1. The predicted molar refractivity (Wildman–Crippen MR) is 58.2 cm³/mol. The Morgan fingerprint density at radius 1 is 1.21 bits per heavy atom. The molecule has 74 valence electrons. The number of aryl methyl sites for hydroxylation is 1. The second kappa shape index (κ2) is 3.56. The number of Topliss-reactive ketones (excluding diaryl/α,β-unsaturated/α-hetero) is 1. The Bertz CT molecular complexity index is 399. The van der Waals surface area contributed by atoms with Crippen molar-refractivity contribution in [3.05, 3.63) is 33.3 Å². The summed E-state index contributed by atoms with van der Waals surface area (Å²) in [6.45, 7) is 1.92. The van der Waals surface area contributed by atoms with Crippen LogP contribution < -0.4 is 0 Å². The van der Waals surface area contributed by atoms with Gasteiger partial charge in [-0.05, 0) is 29.7 Å². The summed E-state index contributed by atoms with van der Waals surface area (Å²) < 4.78 is 0. The summed E-state index contributed by atoms with van der Waals surface area (Å²) in [5.74, 6) is 0.254. The van der Waals surface area contributed by atoms with Crippen LogP contribution in [0.2, 0.25) is 10.0 Å². The lowest BCUT2D eigenvalue weighted by Gasteiger charge is -2.21. The molecule has 0 bridgehead atoms. The Labute approximate surface area is 93.0 Å². The number of benzene rings is 1. The molecule has 0 amide bonds. The Hall–Kier alpha value is -0.530. The smallest absolute Gasteiger partial charge is 0.140 e. The van der Waals surface area contributed by atoms with Crippen LogP contribution in [0.15, 0.2) is 12.1 Å². The second-order valence-electron chi connectivity index (χ2n) is 3.65. The lowest BCUT2D eigenvalue weighted by molar-refractivity contribution is -0.120. The van der Waals surface area contributed by atoms with Gasteiger partial charge in [-0.15, -0.1) is 0 Å². The van der Waals surface area contributed by atoms with Gasteiger partial charge in [-0.3, -0.25) is 4.79 Å². The van der Waals surface area contributed by atoms with Gasteiger partial charge < -0.3 is 0 Å². The van der Waals surface area contributed by atoms with Crippen molar-refractivity contribution in [1.82, 2.24) is 0 Å². The minimum absolute atomic E-state index is 0.0338. The van der Waals surface area contributed by atoms with Crippen LogP contribution in [0.4, 0.5) is 0 Å². The first-order chi connectivity index (χ1) is 6.59. The number of carbonyl (C=O) groups is 1. The Kier molecular flexibility index (Phi) is 2.54. The quantitative estimate of drug-likeness (QED) is 0.664. The molecule has 1 nitrogen and oxygen atoms in total. The number of carbonyl (C=O) groups excluding carboxylic acids is 1. The van der Waals surface area contributed by atoms with E-state index in [1.165, 1.54) is 0 Å². The van der Waals surface area contributed by atoms with Crippen molar-refractivity contribution in [2.75, 3.05) is 0 Å². The zero-order chi connectivity index (χ0) is 10.3. The molecule has 2 rings (SSSR count). The van der Waals surface area contributed by atoms with Crippen LogP contribution in [0.5, 0.6) is 0 Å². The number of hydrogen-bond acceptors (Lipinski definition) is 1. The van der Waals surface area contributed by atoms with Crippen molar-refractivity contribution in [2.45, 2.75) is 25.7 Å². The zero-order valence-electron chi connectivity index (χ0n) is 7.81. The van der Waals surface area contributed by atoms with Crippen molar-refractivity contribution >= 4 is 29.0 Å². The van der Waals surface area contributed by atoms with Crippen molar-refractivity contribution in [2.24, 2.45) is 0 Å². The normalized spacial score (nSPS) is 20.8. The highest BCUT2D eigenvalue weighted by molar-refractivity contribution is 6.42. The lowest BCUT2D eigenvalue weighted by Crippen LogP contribution is -2.17. The Balaban J connectivity index is 2.55. The van der Waals surface area contributed by atoms with E-state index in [9.17, 15) is 4.79 Å². The van der Waals surface area contributed by atoms with Crippen LogP contribution in [-0.4, -0.2) is 5.78 Å². The van der Waals surface area contributed by atoms with E-state index in [1.807, 2.05) is 19.1 Å². The van der Waals surface area contributed by atoms with Gasteiger partial charge in [0.2, 0.25) is 0 Å². The Morgan fingerprint density at radius 3 is 2.57 bits per heavy atom. The van der Waals surface area contributed by atoms with Crippen molar-refractivity contribution in [3.63, 3.8) is 0 Å². The van der Waals surface area contributed by atoms with Gasteiger partial charge in [0.15, 0.2) is 0 Å². The number of halogens is 2. The summed E-state index contributed by atoms with van der Waals surface area (Å²) in [6, 6.07) is 3.70. The van der Waals surface area contributed by atoms with E-state index in [4.69, 9.17) is 23.2 Å². The monoisotopic (exact) mass is 228 g/mol. The van der Waals surface area contributed by atoms with E-state index in [0.29, 0.717) is 16.5 Å². The van der Waals surface area contributed by atoms with Crippen LogP contribution in [0.3, 0.4) is 0 Å². The number of rotatable bonds is 0. The molecule has 1 atom stereocenters. The maximum atomic E-state index is 11.5. The highest BCUT2D eigenvalue weighted by Gasteiger charge is 2.24. The van der Waals surface area contributed by atoms with Crippen LogP contribution in [-0.2, 0) is 11.2 Å². The van der Waals surface area contributed by atoms with Crippen LogP contribution >= 0.6 is 23.2 Å². The third kappa shape index (κ3) is 1.55. The summed E-state index contributed by atoms with van der Waals surface area (Å²) in [4.78, 5) is 11.5. The molecule has 14 heavy (non-hydrogen) atoms.